The molecular weight excluding hydrogens is 244 g/mol. The molecule has 0 aromatic carbocycles. The van der Waals surface area contributed by atoms with E-state index in [0.717, 1.165) is 25.5 Å². The van der Waals surface area contributed by atoms with Crippen LogP contribution in [-0.4, -0.2) is 38.0 Å². The summed E-state index contributed by atoms with van der Waals surface area (Å²) in [7, 11) is 0. The normalized spacial score (nSPS) is 11.2. The van der Waals surface area contributed by atoms with Crippen molar-refractivity contribution in [2.45, 2.75) is 20.3 Å². The maximum absolute atomic E-state index is 11.6. The van der Waals surface area contributed by atoms with Crippen molar-refractivity contribution in [1.29, 1.82) is 0 Å². The molecule has 1 amide bonds. The van der Waals surface area contributed by atoms with Crippen LogP contribution >= 0.6 is 0 Å². The highest BCUT2D eigenvalue weighted by Crippen LogP contribution is 1.98. The Bertz CT molecular complexity index is 387. The van der Waals surface area contributed by atoms with Gasteiger partial charge in [0.25, 0.3) is 5.91 Å². The van der Waals surface area contributed by atoms with Crippen molar-refractivity contribution >= 4 is 11.9 Å². The SMILES string of the molecule is CCCN=C(NCC)NCCNC(=O)c1ccco1. The van der Waals surface area contributed by atoms with Crippen LogP contribution in [0.4, 0.5) is 0 Å². The second-order valence-electron chi connectivity index (χ2n) is 3.92. The Morgan fingerprint density at radius 1 is 1.26 bits per heavy atom. The Balaban J connectivity index is 2.23. The Hall–Kier alpha value is -1.98. The second kappa shape index (κ2) is 9.02. The number of amides is 1. The van der Waals surface area contributed by atoms with Gasteiger partial charge in [0.1, 0.15) is 0 Å². The van der Waals surface area contributed by atoms with Gasteiger partial charge in [-0.05, 0) is 25.5 Å². The highest BCUT2D eigenvalue weighted by molar-refractivity contribution is 5.91. The van der Waals surface area contributed by atoms with Crippen LogP contribution in [0.15, 0.2) is 27.8 Å². The third-order valence-corrected chi connectivity index (χ3v) is 2.29. The molecule has 1 aromatic heterocycles. The van der Waals surface area contributed by atoms with Crippen molar-refractivity contribution in [2.24, 2.45) is 4.99 Å². The molecule has 0 bridgehead atoms. The average molecular weight is 266 g/mol. The van der Waals surface area contributed by atoms with Gasteiger partial charge < -0.3 is 20.4 Å². The fourth-order valence-corrected chi connectivity index (χ4v) is 1.42. The highest BCUT2D eigenvalue weighted by atomic mass is 16.3. The summed E-state index contributed by atoms with van der Waals surface area (Å²) in [6.07, 6.45) is 2.49. The fraction of sp³-hybridized carbons (Fsp3) is 0.538. The third kappa shape index (κ3) is 5.94. The molecule has 0 aliphatic heterocycles. The summed E-state index contributed by atoms with van der Waals surface area (Å²) in [5.74, 6) is 0.894. The molecule has 0 radical (unpaired) electrons. The fourth-order valence-electron chi connectivity index (χ4n) is 1.42. The standard InChI is InChI=1S/C13H22N4O2/c1-3-7-16-13(14-4-2)17-9-8-15-12(18)11-6-5-10-19-11/h5-6,10H,3-4,7-9H2,1-2H3,(H,15,18)(H2,14,16,17). The minimum Gasteiger partial charge on any atom is -0.459 e. The van der Waals surface area contributed by atoms with E-state index in [2.05, 4.69) is 27.9 Å². The number of carbonyl (C=O) groups excluding carboxylic acids is 1. The van der Waals surface area contributed by atoms with E-state index >= 15 is 0 Å². The van der Waals surface area contributed by atoms with Gasteiger partial charge in [-0.2, -0.15) is 0 Å². The Morgan fingerprint density at radius 2 is 2.05 bits per heavy atom. The van der Waals surface area contributed by atoms with Crippen LogP contribution in [0.3, 0.4) is 0 Å². The Morgan fingerprint density at radius 3 is 2.68 bits per heavy atom. The van der Waals surface area contributed by atoms with Gasteiger partial charge in [-0.25, -0.2) is 0 Å². The first-order chi connectivity index (χ1) is 9.27. The maximum Gasteiger partial charge on any atom is 0.287 e. The molecule has 0 spiro atoms. The molecule has 6 heteroatoms. The van der Waals surface area contributed by atoms with Gasteiger partial charge in [-0.3, -0.25) is 9.79 Å². The molecule has 0 unspecified atom stereocenters. The topological polar surface area (TPSA) is 78.7 Å². The molecule has 6 nitrogen and oxygen atoms in total. The molecule has 0 aliphatic carbocycles. The molecule has 0 fully saturated rings. The number of hydrogen-bond acceptors (Lipinski definition) is 3. The van der Waals surface area contributed by atoms with Gasteiger partial charge in [0.05, 0.1) is 6.26 Å². The van der Waals surface area contributed by atoms with Gasteiger partial charge in [-0.1, -0.05) is 6.92 Å². The molecule has 0 atom stereocenters. The lowest BCUT2D eigenvalue weighted by atomic mass is 10.4. The first kappa shape index (κ1) is 15.1. The van der Waals surface area contributed by atoms with Gasteiger partial charge in [0.15, 0.2) is 11.7 Å². The lowest BCUT2D eigenvalue weighted by Crippen LogP contribution is -2.41. The van der Waals surface area contributed by atoms with Crippen molar-refractivity contribution in [1.82, 2.24) is 16.0 Å². The first-order valence-corrected chi connectivity index (χ1v) is 6.61. The van der Waals surface area contributed by atoms with Crippen LogP contribution < -0.4 is 16.0 Å². The van der Waals surface area contributed by atoms with E-state index in [9.17, 15) is 4.79 Å². The van der Waals surface area contributed by atoms with Gasteiger partial charge in [-0.15, -0.1) is 0 Å². The molecule has 0 saturated carbocycles. The number of aliphatic imine (C=N–C) groups is 1. The predicted molar refractivity (Wildman–Crippen MR) is 75.3 cm³/mol. The van der Waals surface area contributed by atoms with E-state index < -0.39 is 0 Å². The molecule has 1 heterocycles. The number of rotatable bonds is 7. The molecule has 1 aromatic rings. The average Bonchev–Trinajstić information content (AvgIpc) is 2.94. The maximum atomic E-state index is 11.6. The van der Waals surface area contributed by atoms with E-state index in [1.165, 1.54) is 6.26 Å². The molecule has 0 aliphatic rings. The number of carbonyl (C=O) groups is 1. The van der Waals surface area contributed by atoms with Crippen LogP contribution in [0.1, 0.15) is 30.8 Å². The van der Waals surface area contributed by atoms with Crippen molar-refractivity contribution in [3.05, 3.63) is 24.2 Å². The summed E-state index contributed by atoms with van der Waals surface area (Å²) in [4.78, 5) is 15.9. The summed E-state index contributed by atoms with van der Waals surface area (Å²) in [5.41, 5.74) is 0. The second-order valence-corrected chi connectivity index (χ2v) is 3.92. The summed E-state index contributed by atoms with van der Waals surface area (Å²) in [5, 5.41) is 9.05. The summed E-state index contributed by atoms with van der Waals surface area (Å²) < 4.78 is 5.00. The number of furan rings is 1. The number of hydrogen-bond donors (Lipinski definition) is 3. The zero-order valence-corrected chi connectivity index (χ0v) is 11.5. The van der Waals surface area contributed by atoms with E-state index in [4.69, 9.17) is 4.42 Å². The molecule has 0 saturated heterocycles. The highest BCUT2D eigenvalue weighted by Gasteiger charge is 2.06. The van der Waals surface area contributed by atoms with Crippen molar-refractivity contribution in [2.75, 3.05) is 26.2 Å². The quantitative estimate of drug-likeness (QED) is 0.390. The summed E-state index contributed by atoms with van der Waals surface area (Å²) in [6.45, 7) is 6.82. The Kier molecular flexibility index (Phi) is 7.16. The zero-order chi connectivity index (χ0) is 13.9. The van der Waals surface area contributed by atoms with Crippen molar-refractivity contribution in [3.63, 3.8) is 0 Å². The lowest BCUT2D eigenvalue weighted by Gasteiger charge is -2.11. The van der Waals surface area contributed by atoms with E-state index in [1.807, 2.05) is 6.92 Å². The van der Waals surface area contributed by atoms with Crippen molar-refractivity contribution in [3.8, 4) is 0 Å². The van der Waals surface area contributed by atoms with Crippen LogP contribution in [0, 0.1) is 0 Å². The Labute approximate surface area is 113 Å². The summed E-state index contributed by atoms with van der Waals surface area (Å²) in [6, 6.07) is 3.32. The van der Waals surface area contributed by atoms with Crippen LogP contribution in [0.25, 0.3) is 0 Å². The zero-order valence-electron chi connectivity index (χ0n) is 11.5. The molecule has 1 rings (SSSR count). The van der Waals surface area contributed by atoms with Crippen LogP contribution in [0.5, 0.6) is 0 Å². The number of guanidine groups is 1. The van der Waals surface area contributed by atoms with Crippen LogP contribution in [0.2, 0.25) is 0 Å². The third-order valence-electron chi connectivity index (χ3n) is 2.29. The largest absolute Gasteiger partial charge is 0.459 e. The minimum absolute atomic E-state index is 0.206. The van der Waals surface area contributed by atoms with E-state index in [0.29, 0.717) is 18.8 Å². The van der Waals surface area contributed by atoms with Crippen molar-refractivity contribution < 1.29 is 9.21 Å². The van der Waals surface area contributed by atoms with Gasteiger partial charge in [0.2, 0.25) is 0 Å². The van der Waals surface area contributed by atoms with Crippen LogP contribution in [-0.2, 0) is 0 Å². The summed E-state index contributed by atoms with van der Waals surface area (Å²) >= 11 is 0. The number of nitrogens with one attached hydrogen (secondary N) is 3. The molecular formula is C13H22N4O2. The number of nitrogens with zero attached hydrogens (tertiary/aromatic N) is 1. The molecule has 106 valence electrons. The smallest absolute Gasteiger partial charge is 0.287 e. The minimum atomic E-state index is -0.206. The monoisotopic (exact) mass is 266 g/mol. The van der Waals surface area contributed by atoms with E-state index in [-0.39, 0.29) is 5.91 Å². The molecule has 19 heavy (non-hydrogen) atoms. The van der Waals surface area contributed by atoms with E-state index in [1.54, 1.807) is 12.1 Å². The lowest BCUT2D eigenvalue weighted by molar-refractivity contribution is 0.0926. The first-order valence-electron chi connectivity index (χ1n) is 6.61. The van der Waals surface area contributed by atoms with Gasteiger partial charge >= 0.3 is 0 Å². The van der Waals surface area contributed by atoms with Gasteiger partial charge in [0, 0.05) is 26.2 Å². The predicted octanol–water partition coefficient (Wildman–Crippen LogP) is 0.975. The molecule has 3 N–H and O–H groups in total.